The maximum atomic E-state index is 7.88. The van der Waals surface area contributed by atoms with Gasteiger partial charge in [0.05, 0.1) is 0 Å². The van der Waals surface area contributed by atoms with E-state index in [-0.39, 0.29) is 24.4 Å². The van der Waals surface area contributed by atoms with Gasteiger partial charge in [0.2, 0.25) is 0 Å². The summed E-state index contributed by atoms with van der Waals surface area (Å²) in [6.45, 7) is 2.25. The first-order valence-electron chi connectivity index (χ1n) is 1.52. The molecule has 5 heavy (non-hydrogen) atoms. The van der Waals surface area contributed by atoms with Gasteiger partial charge in [0.15, 0.2) is 0 Å². The Bertz CT molecular complexity index is 8.85. The fourth-order valence-corrected chi connectivity index (χ4v) is 0. The van der Waals surface area contributed by atoms with E-state index in [9.17, 15) is 0 Å². The largest absolute Gasteiger partial charge is 0.396 e. The predicted octanol–water partition coefficient (Wildman–Crippen LogP) is 0.00790. The maximum absolute atomic E-state index is 7.88. The summed E-state index contributed by atoms with van der Waals surface area (Å²) >= 11 is 0. The Morgan fingerprint density at radius 2 is 1.80 bits per heavy atom. The van der Waals surface area contributed by atoms with E-state index in [1.54, 1.807) is 0 Å². The standard InChI is InChI=1S/C3H8O.Sb/c1-2-3-4;/h4H,2-3H2,1H3;. The Morgan fingerprint density at radius 1 is 1.60 bits per heavy atom. The average Bonchev–Trinajstić information content (AvgIpc) is 1.37. The molecule has 0 aliphatic rings. The van der Waals surface area contributed by atoms with Crippen molar-refractivity contribution in [2.45, 2.75) is 13.3 Å². The molecule has 0 amide bonds. The molecule has 31 valence electrons. The van der Waals surface area contributed by atoms with Gasteiger partial charge in [-0.3, -0.25) is 0 Å². The van der Waals surface area contributed by atoms with Crippen LogP contribution in [0.15, 0.2) is 0 Å². The van der Waals surface area contributed by atoms with Gasteiger partial charge < -0.3 is 5.11 Å². The van der Waals surface area contributed by atoms with Gasteiger partial charge in [-0.15, -0.1) is 0 Å². The molecular weight excluding hydrogens is 174 g/mol. The van der Waals surface area contributed by atoms with Crippen molar-refractivity contribution in [1.82, 2.24) is 0 Å². The summed E-state index contributed by atoms with van der Waals surface area (Å²) < 4.78 is 0. The maximum Gasteiger partial charge on any atom is 0.0428 e. The quantitative estimate of drug-likeness (QED) is 0.566. The fourth-order valence-electron chi connectivity index (χ4n) is 0. The summed E-state index contributed by atoms with van der Waals surface area (Å²) in [6, 6.07) is 0. The topological polar surface area (TPSA) is 20.2 Å². The smallest absolute Gasteiger partial charge is 0.0428 e. The molecule has 0 spiro atoms. The van der Waals surface area contributed by atoms with Crippen molar-refractivity contribution in [2.24, 2.45) is 0 Å². The van der Waals surface area contributed by atoms with Crippen LogP contribution >= 0.6 is 0 Å². The molecule has 0 fully saturated rings. The molecular formula is C3H8OSb. The van der Waals surface area contributed by atoms with Gasteiger partial charge in [-0.25, -0.2) is 0 Å². The van der Waals surface area contributed by atoms with E-state index in [1.165, 1.54) is 0 Å². The second-order valence-electron chi connectivity index (χ2n) is 0.724. The van der Waals surface area contributed by atoms with Gasteiger partial charge in [-0.05, 0) is 6.42 Å². The van der Waals surface area contributed by atoms with Gasteiger partial charge in [0, 0.05) is 31.0 Å². The Kier molecular flexibility index (Phi) is 16.3. The Balaban J connectivity index is 0. The summed E-state index contributed by atoms with van der Waals surface area (Å²) in [5.74, 6) is 0. The van der Waals surface area contributed by atoms with Gasteiger partial charge >= 0.3 is 0 Å². The predicted molar refractivity (Wildman–Crippen MR) is 23.1 cm³/mol. The van der Waals surface area contributed by atoms with Crippen molar-refractivity contribution in [1.29, 1.82) is 0 Å². The first-order valence-corrected chi connectivity index (χ1v) is 1.52. The van der Waals surface area contributed by atoms with Gasteiger partial charge in [0.1, 0.15) is 0 Å². The minimum atomic E-state index is 0. The van der Waals surface area contributed by atoms with E-state index >= 15 is 0 Å². The molecule has 3 radical (unpaired) electrons. The molecule has 0 heterocycles. The molecule has 1 nitrogen and oxygen atoms in total. The van der Waals surface area contributed by atoms with Crippen LogP contribution in [0, 0.1) is 0 Å². The minimum absolute atomic E-state index is 0. The van der Waals surface area contributed by atoms with Crippen LogP contribution in [0.1, 0.15) is 13.3 Å². The van der Waals surface area contributed by atoms with E-state index < -0.39 is 0 Å². The number of aliphatic hydroxyl groups excluding tert-OH is 1. The van der Waals surface area contributed by atoms with Crippen molar-refractivity contribution in [3.8, 4) is 0 Å². The summed E-state index contributed by atoms with van der Waals surface area (Å²) in [7, 11) is 0. The second kappa shape index (κ2) is 8.84. The van der Waals surface area contributed by atoms with Crippen LogP contribution in [0.2, 0.25) is 0 Å². The van der Waals surface area contributed by atoms with Crippen molar-refractivity contribution in [3.05, 3.63) is 0 Å². The van der Waals surface area contributed by atoms with Crippen LogP contribution in [0.25, 0.3) is 0 Å². The second-order valence-corrected chi connectivity index (χ2v) is 0.724. The molecule has 0 aromatic rings. The number of hydrogen-bond acceptors (Lipinski definition) is 1. The third-order valence-corrected chi connectivity index (χ3v) is 0.224. The first-order chi connectivity index (χ1) is 1.91. The zero-order chi connectivity index (χ0) is 3.41. The monoisotopic (exact) mass is 181 g/mol. The van der Waals surface area contributed by atoms with E-state index in [1.807, 2.05) is 6.92 Å². The number of rotatable bonds is 1. The zero-order valence-corrected chi connectivity index (χ0v) is 5.86. The van der Waals surface area contributed by atoms with Gasteiger partial charge in [-0.2, -0.15) is 0 Å². The van der Waals surface area contributed by atoms with Crippen molar-refractivity contribution in [2.75, 3.05) is 6.61 Å². The molecule has 0 aliphatic carbocycles. The van der Waals surface area contributed by atoms with E-state index in [4.69, 9.17) is 5.11 Å². The molecule has 0 aromatic heterocycles. The summed E-state index contributed by atoms with van der Waals surface area (Å²) in [4.78, 5) is 0. The van der Waals surface area contributed by atoms with E-state index in [2.05, 4.69) is 0 Å². The average molecular weight is 182 g/mol. The van der Waals surface area contributed by atoms with Gasteiger partial charge in [-0.1, -0.05) is 6.92 Å². The molecule has 1 N–H and O–H groups in total. The number of hydrogen-bond donors (Lipinski definition) is 1. The molecule has 0 bridgehead atoms. The van der Waals surface area contributed by atoms with Crippen LogP contribution in [0.5, 0.6) is 0 Å². The number of aliphatic hydroxyl groups is 1. The molecule has 0 atom stereocenters. The van der Waals surface area contributed by atoms with Crippen molar-refractivity contribution >= 4 is 24.4 Å². The van der Waals surface area contributed by atoms with E-state index in [0.29, 0.717) is 6.61 Å². The normalized spacial score (nSPS) is 6.00. The summed E-state index contributed by atoms with van der Waals surface area (Å²) in [5, 5.41) is 7.88. The Labute approximate surface area is 49.8 Å². The summed E-state index contributed by atoms with van der Waals surface area (Å²) in [5.41, 5.74) is 0. The third-order valence-electron chi connectivity index (χ3n) is 0.224. The molecule has 0 saturated heterocycles. The molecule has 0 aromatic carbocycles. The molecule has 0 aliphatic heterocycles. The Morgan fingerprint density at radius 3 is 1.80 bits per heavy atom. The van der Waals surface area contributed by atoms with Crippen LogP contribution in [0.3, 0.4) is 0 Å². The fraction of sp³-hybridized carbons (Fsp3) is 1.00. The van der Waals surface area contributed by atoms with Crippen molar-refractivity contribution in [3.63, 3.8) is 0 Å². The van der Waals surface area contributed by atoms with E-state index in [0.717, 1.165) is 6.42 Å². The van der Waals surface area contributed by atoms with Crippen LogP contribution in [-0.4, -0.2) is 36.1 Å². The third kappa shape index (κ3) is 11.7. The van der Waals surface area contributed by atoms with Crippen LogP contribution in [-0.2, 0) is 0 Å². The molecule has 0 unspecified atom stereocenters. The molecule has 0 rings (SSSR count). The van der Waals surface area contributed by atoms with Crippen LogP contribution in [0.4, 0.5) is 0 Å². The minimum Gasteiger partial charge on any atom is -0.396 e. The molecule has 2 heteroatoms. The van der Waals surface area contributed by atoms with Gasteiger partial charge in [0.25, 0.3) is 0 Å². The SMILES string of the molecule is CCCO.[Sb]. The Hall–Kier alpha value is 0.778. The van der Waals surface area contributed by atoms with Crippen LogP contribution < -0.4 is 0 Å². The molecule has 0 saturated carbocycles. The summed E-state index contributed by atoms with van der Waals surface area (Å²) in [6.07, 6.45) is 0.875. The zero-order valence-electron chi connectivity index (χ0n) is 3.31. The first kappa shape index (κ1) is 9.24. The van der Waals surface area contributed by atoms with Crippen molar-refractivity contribution < 1.29 is 5.11 Å².